The Morgan fingerprint density at radius 3 is 2.56 bits per heavy atom. The highest BCUT2D eigenvalue weighted by Crippen LogP contribution is 2.24. The molecule has 2 heterocycles. The van der Waals surface area contributed by atoms with Gasteiger partial charge in [-0.15, -0.1) is 10.2 Å². The predicted molar refractivity (Wildman–Crippen MR) is 103 cm³/mol. The van der Waals surface area contributed by atoms with Crippen molar-refractivity contribution in [3.63, 3.8) is 0 Å². The van der Waals surface area contributed by atoms with E-state index in [0.717, 1.165) is 16.9 Å². The first kappa shape index (κ1) is 19.6. The van der Waals surface area contributed by atoms with Crippen LogP contribution in [0.15, 0.2) is 47.1 Å². The molecule has 0 fully saturated rings. The van der Waals surface area contributed by atoms with Crippen molar-refractivity contribution in [3.8, 4) is 0 Å². The minimum Gasteiger partial charge on any atom is -0.296 e. The molecule has 3 aromatic rings. The van der Waals surface area contributed by atoms with Gasteiger partial charge in [-0.25, -0.2) is 13.1 Å². The zero-order chi connectivity index (χ0) is 19.4. The Hall–Kier alpha value is -2.11. The van der Waals surface area contributed by atoms with E-state index in [1.807, 2.05) is 0 Å². The SMILES string of the molecule is O=C(Nc1nnc(S(=O)(=O)NCc2ccncc2)s1)c1ccc(Cl)cc1Cl. The van der Waals surface area contributed by atoms with Gasteiger partial charge in [0.25, 0.3) is 15.9 Å². The van der Waals surface area contributed by atoms with Crippen LogP contribution >= 0.6 is 34.5 Å². The molecule has 0 saturated carbocycles. The van der Waals surface area contributed by atoms with Crippen LogP contribution in [-0.4, -0.2) is 29.5 Å². The molecule has 0 bridgehead atoms. The molecule has 0 radical (unpaired) electrons. The maximum absolute atomic E-state index is 12.3. The lowest BCUT2D eigenvalue weighted by molar-refractivity contribution is 0.102. The predicted octanol–water partition coefficient (Wildman–Crippen LogP) is 2.97. The Bertz CT molecular complexity index is 1070. The fourth-order valence-electron chi connectivity index (χ4n) is 1.95. The van der Waals surface area contributed by atoms with Gasteiger partial charge in [-0.05, 0) is 35.9 Å². The molecule has 0 aliphatic carbocycles. The highest BCUT2D eigenvalue weighted by molar-refractivity contribution is 7.91. The van der Waals surface area contributed by atoms with Crippen LogP contribution in [-0.2, 0) is 16.6 Å². The maximum atomic E-state index is 12.3. The second-order valence-corrected chi connectivity index (χ2v) is 8.89. The van der Waals surface area contributed by atoms with Crippen molar-refractivity contribution in [3.05, 3.63) is 63.9 Å². The topological polar surface area (TPSA) is 114 Å². The van der Waals surface area contributed by atoms with Gasteiger partial charge < -0.3 is 0 Å². The Morgan fingerprint density at radius 2 is 1.85 bits per heavy atom. The average molecular weight is 444 g/mol. The minimum atomic E-state index is -3.87. The van der Waals surface area contributed by atoms with Gasteiger partial charge in [-0.1, -0.05) is 34.5 Å². The highest BCUT2D eigenvalue weighted by atomic mass is 35.5. The molecule has 0 spiro atoms. The molecule has 2 aromatic heterocycles. The summed E-state index contributed by atoms with van der Waals surface area (Å²) >= 11 is 12.5. The van der Waals surface area contributed by atoms with Gasteiger partial charge in [-0.3, -0.25) is 15.1 Å². The van der Waals surface area contributed by atoms with E-state index in [1.54, 1.807) is 24.5 Å². The summed E-state index contributed by atoms with van der Waals surface area (Å²) in [5.74, 6) is -0.554. The number of sulfonamides is 1. The van der Waals surface area contributed by atoms with Gasteiger partial charge in [0.1, 0.15) is 0 Å². The van der Waals surface area contributed by atoms with Crippen molar-refractivity contribution >= 4 is 55.6 Å². The number of benzene rings is 1. The van der Waals surface area contributed by atoms with Crippen LogP contribution in [0.5, 0.6) is 0 Å². The monoisotopic (exact) mass is 443 g/mol. The summed E-state index contributed by atoms with van der Waals surface area (Å²) in [5, 5.41) is 10.3. The lowest BCUT2D eigenvalue weighted by Gasteiger charge is -2.04. The van der Waals surface area contributed by atoms with E-state index in [2.05, 4.69) is 25.2 Å². The molecule has 27 heavy (non-hydrogen) atoms. The number of aromatic nitrogens is 3. The Balaban J connectivity index is 1.69. The van der Waals surface area contributed by atoms with Crippen LogP contribution in [0.1, 0.15) is 15.9 Å². The fourth-order valence-corrected chi connectivity index (χ4v) is 4.40. The molecule has 0 atom stereocenters. The van der Waals surface area contributed by atoms with Crippen molar-refractivity contribution in [1.82, 2.24) is 19.9 Å². The lowest BCUT2D eigenvalue weighted by Crippen LogP contribution is -2.23. The zero-order valence-electron chi connectivity index (χ0n) is 13.4. The number of nitrogens with one attached hydrogen (secondary N) is 2. The molecular weight excluding hydrogens is 433 g/mol. The van der Waals surface area contributed by atoms with Gasteiger partial charge in [-0.2, -0.15) is 0 Å². The number of hydrogen-bond donors (Lipinski definition) is 2. The summed E-state index contributed by atoms with van der Waals surface area (Å²) in [6.45, 7) is 0.0759. The summed E-state index contributed by atoms with van der Waals surface area (Å²) in [6, 6.07) is 7.77. The normalized spacial score (nSPS) is 11.3. The van der Waals surface area contributed by atoms with E-state index < -0.39 is 15.9 Å². The van der Waals surface area contributed by atoms with E-state index in [-0.39, 0.29) is 26.6 Å². The van der Waals surface area contributed by atoms with Gasteiger partial charge in [0.2, 0.25) is 9.47 Å². The lowest BCUT2D eigenvalue weighted by atomic mass is 10.2. The number of amides is 1. The van der Waals surface area contributed by atoms with Gasteiger partial charge in [0, 0.05) is 24.0 Å². The standard InChI is InChI=1S/C15H11Cl2N5O3S2/c16-10-1-2-11(12(17)7-10)13(23)20-14-21-22-15(26-14)27(24,25)19-8-9-3-5-18-6-4-9/h1-7,19H,8H2,(H,20,21,23). The number of nitrogens with zero attached hydrogens (tertiary/aromatic N) is 3. The van der Waals surface area contributed by atoms with E-state index >= 15 is 0 Å². The summed E-state index contributed by atoms with van der Waals surface area (Å²) in [7, 11) is -3.87. The van der Waals surface area contributed by atoms with E-state index in [1.165, 1.54) is 18.2 Å². The maximum Gasteiger partial charge on any atom is 0.270 e. The summed E-state index contributed by atoms with van der Waals surface area (Å²) in [5.41, 5.74) is 0.917. The second-order valence-electron chi connectivity index (χ2n) is 5.13. The van der Waals surface area contributed by atoms with Gasteiger partial charge >= 0.3 is 0 Å². The Kier molecular flexibility index (Phi) is 6.02. The molecule has 8 nitrogen and oxygen atoms in total. The van der Waals surface area contributed by atoms with E-state index in [9.17, 15) is 13.2 Å². The quantitative estimate of drug-likeness (QED) is 0.565. The van der Waals surface area contributed by atoms with Crippen molar-refractivity contribution < 1.29 is 13.2 Å². The number of anilines is 1. The largest absolute Gasteiger partial charge is 0.296 e. The molecule has 1 amide bonds. The van der Waals surface area contributed by atoms with Crippen LogP contribution in [0.2, 0.25) is 10.0 Å². The third-order valence-corrected chi connectivity index (χ3v) is 6.40. The Morgan fingerprint density at radius 1 is 1.11 bits per heavy atom. The first-order chi connectivity index (χ1) is 12.8. The summed E-state index contributed by atoms with van der Waals surface area (Å²) in [6.07, 6.45) is 3.12. The molecular formula is C15H11Cl2N5O3S2. The molecule has 140 valence electrons. The first-order valence-electron chi connectivity index (χ1n) is 7.33. The van der Waals surface area contributed by atoms with Crippen molar-refractivity contribution in [2.24, 2.45) is 0 Å². The number of pyridine rings is 1. The fraction of sp³-hybridized carbons (Fsp3) is 0.0667. The molecule has 3 rings (SSSR count). The molecule has 0 unspecified atom stereocenters. The number of hydrogen-bond acceptors (Lipinski definition) is 7. The first-order valence-corrected chi connectivity index (χ1v) is 10.4. The zero-order valence-corrected chi connectivity index (χ0v) is 16.5. The van der Waals surface area contributed by atoms with Crippen LogP contribution < -0.4 is 10.0 Å². The Labute approximate surface area is 168 Å². The van der Waals surface area contributed by atoms with Crippen LogP contribution in [0.4, 0.5) is 5.13 Å². The van der Waals surface area contributed by atoms with Crippen LogP contribution in [0.25, 0.3) is 0 Å². The molecule has 0 aliphatic rings. The van der Waals surface area contributed by atoms with Gasteiger partial charge in [0.15, 0.2) is 0 Å². The third-order valence-electron chi connectivity index (χ3n) is 3.25. The van der Waals surface area contributed by atoms with E-state index in [4.69, 9.17) is 23.2 Å². The number of rotatable bonds is 6. The van der Waals surface area contributed by atoms with Crippen LogP contribution in [0, 0.1) is 0 Å². The summed E-state index contributed by atoms with van der Waals surface area (Å²) < 4.78 is 26.7. The minimum absolute atomic E-state index is 0.0234. The smallest absolute Gasteiger partial charge is 0.270 e. The molecule has 0 saturated heterocycles. The number of carbonyl (C=O) groups excluding carboxylic acids is 1. The summed E-state index contributed by atoms with van der Waals surface area (Å²) in [4.78, 5) is 16.1. The van der Waals surface area contributed by atoms with Crippen LogP contribution in [0.3, 0.4) is 0 Å². The average Bonchev–Trinajstić information content (AvgIpc) is 3.10. The van der Waals surface area contributed by atoms with E-state index in [0.29, 0.717) is 5.02 Å². The van der Waals surface area contributed by atoms with Crippen molar-refractivity contribution in [2.75, 3.05) is 5.32 Å². The van der Waals surface area contributed by atoms with Crippen molar-refractivity contribution in [1.29, 1.82) is 0 Å². The molecule has 2 N–H and O–H groups in total. The van der Waals surface area contributed by atoms with Crippen molar-refractivity contribution in [2.45, 2.75) is 10.9 Å². The third kappa shape index (κ3) is 4.99. The highest BCUT2D eigenvalue weighted by Gasteiger charge is 2.21. The number of carbonyl (C=O) groups is 1. The molecule has 0 aliphatic heterocycles. The van der Waals surface area contributed by atoms with Gasteiger partial charge in [0.05, 0.1) is 10.6 Å². The molecule has 1 aromatic carbocycles. The number of halogens is 2. The second kappa shape index (κ2) is 8.28. The molecule has 12 heteroatoms.